The third kappa shape index (κ3) is 4.23. The number of hydrogen-bond donors (Lipinski definition) is 4. The lowest BCUT2D eigenvalue weighted by molar-refractivity contribution is -0.181. The number of nitrogens with zero attached hydrogens (tertiary/aromatic N) is 3. The van der Waals surface area contributed by atoms with E-state index in [0.717, 1.165) is 13.1 Å². The molecule has 2 amide bonds. The fraction of sp³-hybridized carbons (Fsp3) is 0.600. The van der Waals surface area contributed by atoms with Gasteiger partial charge in [-0.05, 0) is 62.7 Å². The topological polar surface area (TPSA) is 191 Å². The van der Waals surface area contributed by atoms with E-state index in [4.69, 9.17) is 5.73 Å². The number of hydrogen-bond acceptors (Lipinski definition) is 11. The predicted molar refractivity (Wildman–Crippen MR) is 152 cm³/mol. The van der Waals surface area contributed by atoms with E-state index in [1.54, 1.807) is 39.2 Å². The van der Waals surface area contributed by atoms with Crippen LogP contribution in [0.3, 0.4) is 0 Å². The van der Waals surface area contributed by atoms with Gasteiger partial charge in [-0.15, -0.1) is 0 Å². The Hall–Kier alpha value is -3.68. The number of likely N-dealkylation sites (N-methyl/N-ethyl adjacent to an activating group) is 1. The maximum absolute atomic E-state index is 14.1. The number of rotatable bonds is 6. The molecule has 13 nitrogen and oxygen atoms in total. The van der Waals surface area contributed by atoms with E-state index in [-0.39, 0.29) is 36.5 Å². The Balaban J connectivity index is 1.37. The van der Waals surface area contributed by atoms with Crippen molar-refractivity contribution >= 4 is 46.3 Å². The summed E-state index contributed by atoms with van der Waals surface area (Å²) < 4.78 is 0. The molecule has 1 aromatic rings. The first-order valence-corrected chi connectivity index (χ1v) is 14.5. The summed E-state index contributed by atoms with van der Waals surface area (Å²) in [6.45, 7) is 1.83. The van der Waals surface area contributed by atoms with Gasteiger partial charge in [0.2, 0.25) is 11.8 Å². The summed E-state index contributed by atoms with van der Waals surface area (Å²) in [4.78, 5) is 85.1. The highest BCUT2D eigenvalue weighted by Gasteiger charge is 2.69. The first-order chi connectivity index (χ1) is 20.1. The average molecular weight is 596 g/mol. The van der Waals surface area contributed by atoms with Crippen LogP contribution in [0.15, 0.2) is 6.07 Å². The molecular weight excluding hydrogens is 558 g/mol. The standard InChI is InChI=1S/C30H37N5O8/c1-33(2)17-9-16(32-18(36)10-35-11-29(12-35)5-6-29)23(37)20-14(17)7-13-8-15-22(34(3)4)25(39)21(28(31)42)27(41)30(15,43)26(40)19(13)24(20)38/h9,13,15,19,21-22,37,43H,5-8,10-12H2,1-4H3,(H2,31,42)(H,32,36)/t13-,15-,19?,21?,22-,30-/m0/s1. The van der Waals surface area contributed by atoms with Gasteiger partial charge in [0.05, 0.1) is 29.8 Å². The molecule has 1 spiro atoms. The van der Waals surface area contributed by atoms with E-state index in [1.165, 1.54) is 17.7 Å². The third-order valence-electron chi connectivity index (χ3n) is 10.2. The first kappa shape index (κ1) is 29.4. The van der Waals surface area contributed by atoms with Crippen molar-refractivity contribution in [2.24, 2.45) is 34.8 Å². The summed E-state index contributed by atoms with van der Waals surface area (Å²) in [6.07, 6.45) is 2.44. The molecule has 4 aliphatic carbocycles. The number of anilines is 2. The Morgan fingerprint density at radius 3 is 2.30 bits per heavy atom. The van der Waals surface area contributed by atoms with Crippen LogP contribution in [0.5, 0.6) is 5.75 Å². The number of phenols is 1. The Labute approximate surface area is 248 Å². The molecule has 1 aliphatic heterocycles. The van der Waals surface area contributed by atoms with Crippen molar-refractivity contribution in [2.75, 3.05) is 58.0 Å². The summed E-state index contributed by atoms with van der Waals surface area (Å²) in [5.74, 6) is -11.5. The van der Waals surface area contributed by atoms with E-state index >= 15 is 0 Å². The normalized spacial score (nSPS) is 32.6. The van der Waals surface area contributed by atoms with Crippen LogP contribution in [0.25, 0.3) is 0 Å². The molecule has 1 heterocycles. The molecule has 230 valence electrons. The molecule has 6 atom stereocenters. The number of amides is 2. The molecule has 13 heteroatoms. The van der Waals surface area contributed by atoms with Gasteiger partial charge in [0.15, 0.2) is 34.7 Å². The lowest BCUT2D eigenvalue weighted by Gasteiger charge is -2.52. The van der Waals surface area contributed by atoms with E-state index in [0.29, 0.717) is 16.7 Å². The number of primary amides is 1. The number of ketones is 4. The number of phenolic OH excluding ortho intramolecular Hbond substituents is 1. The number of aliphatic hydroxyl groups is 1. The van der Waals surface area contributed by atoms with Gasteiger partial charge in [0.1, 0.15) is 5.75 Å². The smallest absolute Gasteiger partial charge is 0.238 e. The molecule has 5 N–H and O–H groups in total. The van der Waals surface area contributed by atoms with Gasteiger partial charge in [-0.1, -0.05) is 0 Å². The van der Waals surface area contributed by atoms with Crippen molar-refractivity contribution in [3.8, 4) is 5.75 Å². The van der Waals surface area contributed by atoms with Crippen LogP contribution in [-0.2, 0) is 30.4 Å². The van der Waals surface area contributed by atoms with Crippen molar-refractivity contribution in [1.29, 1.82) is 0 Å². The fourth-order valence-electron chi connectivity index (χ4n) is 8.05. The lowest BCUT2D eigenvalue weighted by Crippen LogP contribution is -2.74. The molecule has 5 aliphatic rings. The van der Waals surface area contributed by atoms with Crippen LogP contribution in [0.1, 0.15) is 35.2 Å². The maximum Gasteiger partial charge on any atom is 0.238 e. The number of Topliss-reactive ketones (excluding diaryl/α,β-unsaturated/α-hetero) is 4. The molecule has 1 saturated heterocycles. The van der Waals surface area contributed by atoms with Gasteiger partial charge in [-0.25, -0.2) is 0 Å². The molecule has 6 rings (SSSR count). The van der Waals surface area contributed by atoms with Gasteiger partial charge in [0, 0.05) is 38.8 Å². The summed E-state index contributed by atoms with van der Waals surface area (Å²) in [6, 6.07) is 0.425. The number of aromatic hydroxyl groups is 1. The van der Waals surface area contributed by atoms with Crippen LogP contribution < -0.4 is 16.0 Å². The lowest BCUT2D eigenvalue weighted by atomic mass is 9.52. The number of carbonyl (C=O) groups excluding carboxylic acids is 6. The second kappa shape index (κ2) is 9.66. The third-order valence-corrected chi connectivity index (χ3v) is 10.2. The molecule has 4 fully saturated rings. The summed E-state index contributed by atoms with van der Waals surface area (Å²) in [5.41, 5.74) is 3.82. The summed E-state index contributed by atoms with van der Waals surface area (Å²) in [5, 5.41) is 25.8. The minimum absolute atomic E-state index is 0.0153. The highest BCUT2D eigenvalue weighted by molar-refractivity contribution is 6.32. The quantitative estimate of drug-likeness (QED) is 0.232. The van der Waals surface area contributed by atoms with Crippen molar-refractivity contribution in [3.05, 3.63) is 17.2 Å². The molecule has 0 bridgehead atoms. The van der Waals surface area contributed by atoms with Gasteiger partial charge in [-0.2, -0.15) is 0 Å². The number of fused-ring (bicyclic) bond motifs is 3. The van der Waals surface area contributed by atoms with Gasteiger partial charge >= 0.3 is 0 Å². The number of likely N-dealkylation sites (tertiary alicyclic amines) is 1. The number of benzene rings is 1. The molecule has 2 unspecified atom stereocenters. The van der Waals surface area contributed by atoms with Crippen LogP contribution in [-0.4, -0.2) is 114 Å². The number of nitrogens with one attached hydrogen (secondary N) is 1. The minimum atomic E-state index is -2.79. The second-order valence-corrected chi connectivity index (χ2v) is 13.5. The van der Waals surface area contributed by atoms with Crippen LogP contribution in [0.4, 0.5) is 11.4 Å². The Morgan fingerprint density at radius 1 is 1.09 bits per heavy atom. The van der Waals surface area contributed by atoms with Gasteiger partial charge in [-0.3, -0.25) is 38.6 Å². The first-order valence-electron chi connectivity index (χ1n) is 14.5. The average Bonchev–Trinajstić information content (AvgIpc) is 3.68. The Morgan fingerprint density at radius 2 is 1.74 bits per heavy atom. The molecule has 1 aromatic carbocycles. The molecule has 3 saturated carbocycles. The van der Waals surface area contributed by atoms with Crippen LogP contribution >= 0.6 is 0 Å². The van der Waals surface area contributed by atoms with Gasteiger partial charge in [0.25, 0.3) is 0 Å². The zero-order valence-corrected chi connectivity index (χ0v) is 24.7. The molecule has 0 radical (unpaired) electrons. The molecular formula is C30H37N5O8. The molecule has 43 heavy (non-hydrogen) atoms. The number of carbonyl (C=O) groups is 6. The van der Waals surface area contributed by atoms with E-state index < -0.39 is 70.1 Å². The van der Waals surface area contributed by atoms with E-state index in [1.807, 2.05) is 4.90 Å². The molecule has 0 aromatic heterocycles. The van der Waals surface area contributed by atoms with Crippen molar-refractivity contribution in [2.45, 2.75) is 37.3 Å². The fourth-order valence-corrected chi connectivity index (χ4v) is 8.05. The van der Waals surface area contributed by atoms with Gasteiger partial charge < -0.3 is 26.2 Å². The monoisotopic (exact) mass is 595 g/mol. The van der Waals surface area contributed by atoms with Crippen molar-refractivity contribution < 1.29 is 39.0 Å². The number of nitrogens with two attached hydrogens (primary N) is 1. The van der Waals surface area contributed by atoms with Crippen LogP contribution in [0, 0.1) is 29.1 Å². The predicted octanol–water partition coefficient (Wildman–Crippen LogP) is -1.03. The summed E-state index contributed by atoms with van der Waals surface area (Å²) >= 11 is 0. The van der Waals surface area contributed by atoms with Crippen molar-refractivity contribution in [1.82, 2.24) is 9.80 Å². The van der Waals surface area contributed by atoms with E-state index in [2.05, 4.69) is 5.32 Å². The second-order valence-electron chi connectivity index (χ2n) is 13.5. The Bertz CT molecular complexity index is 1490. The van der Waals surface area contributed by atoms with E-state index in [9.17, 15) is 39.0 Å². The van der Waals surface area contributed by atoms with Crippen LogP contribution in [0.2, 0.25) is 0 Å². The highest BCUT2D eigenvalue weighted by Crippen LogP contribution is 2.54. The van der Waals surface area contributed by atoms with Crippen molar-refractivity contribution in [3.63, 3.8) is 0 Å². The zero-order valence-electron chi connectivity index (χ0n) is 24.7. The largest absolute Gasteiger partial charge is 0.505 e. The SMILES string of the molecule is CN(C)c1cc(NC(=O)CN2CC3(CC3)C2)c(O)c2c1C[C@H]1C[C@H]3[C@H](N(C)C)C(=O)C(C(N)=O)C(=O)[C@@]3(O)C(=O)C1C2=O. The Kier molecular flexibility index (Phi) is 6.61. The highest BCUT2D eigenvalue weighted by atomic mass is 16.3. The zero-order chi connectivity index (χ0) is 31.3. The minimum Gasteiger partial charge on any atom is -0.505 e. The summed E-state index contributed by atoms with van der Waals surface area (Å²) in [7, 11) is 6.58. The maximum atomic E-state index is 14.1.